The number of para-hydroxylation sites is 1. The fourth-order valence-corrected chi connectivity index (χ4v) is 4.51. The van der Waals surface area contributed by atoms with E-state index in [4.69, 9.17) is 11.6 Å². The summed E-state index contributed by atoms with van der Waals surface area (Å²) in [6, 6.07) is 24.7. The number of hydrogen-bond acceptors (Lipinski definition) is 5. The molecule has 3 heterocycles. The minimum Gasteiger partial charge on any atom is -0.270 e. The van der Waals surface area contributed by atoms with Gasteiger partial charge in [0.15, 0.2) is 11.0 Å². The van der Waals surface area contributed by atoms with Gasteiger partial charge in [0.25, 0.3) is 5.56 Å². The second-order valence-electron chi connectivity index (χ2n) is 7.22. The average molecular weight is 460 g/mol. The van der Waals surface area contributed by atoms with Crippen molar-refractivity contribution in [1.82, 2.24) is 24.1 Å². The number of aryl methyl sites for hydroxylation is 1. The van der Waals surface area contributed by atoms with Crippen molar-refractivity contribution in [3.05, 3.63) is 106 Å². The lowest BCUT2D eigenvalue weighted by molar-refractivity contribution is 0.884. The van der Waals surface area contributed by atoms with Crippen molar-refractivity contribution < 1.29 is 0 Å². The molecule has 158 valence electrons. The molecule has 2 aromatic carbocycles. The minimum absolute atomic E-state index is 0.0879. The highest BCUT2D eigenvalue weighted by Gasteiger charge is 2.17. The molecule has 0 atom stereocenters. The van der Waals surface area contributed by atoms with Crippen molar-refractivity contribution in [2.24, 2.45) is 0 Å². The highest BCUT2D eigenvalue weighted by atomic mass is 35.5. The van der Waals surface area contributed by atoms with Gasteiger partial charge in [-0.1, -0.05) is 47.6 Å². The molecule has 0 saturated carbocycles. The van der Waals surface area contributed by atoms with Crippen LogP contribution in [0.3, 0.4) is 0 Å². The molecule has 0 saturated heterocycles. The number of fused-ring (bicyclic) bond motifs is 1. The summed E-state index contributed by atoms with van der Waals surface area (Å²) in [6.07, 6.45) is 0. The first-order valence-electron chi connectivity index (χ1n) is 9.98. The molecule has 0 unspecified atom stereocenters. The van der Waals surface area contributed by atoms with Gasteiger partial charge in [0.1, 0.15) is 5.65 Å². The quantitative estimate of drug-likeness (QED) is 0.338. The molecule has 0 aliphatic rings. The molecule has 0 N–H and O–H groups in total. The number of aromatic nitrogens is 5. The van der Waals surface area contributed by atoms with Gasteiger partial charge < -0.3 is 0 Å². The fourth-order valence-electron chi connectivity index (χ4n) is 3.54. The van der Waals surface area contributed by atoms with E-state index >= 15 is 0 Å². The highest BCUT2D eigenvalue weighted by molar-refractivity contribution is 7.98. The van der Waals surface area contributed by atoms with Gasteiger partial charge >= 0.3 is 0 Å². The van der Waals surface area contributed by atoms with Gasteiger partial charge in [0, 0.05) is 33.8 Å². The summed E-state index contributed by atoms with van der Waals surface area (Å²) in [5.74, 6) is 1.21. The normalized spacial score (nSPS) is 11.2. The van der Waals surface area contributed by atoms with Crippen molar-refractivity contribution >= 4 is 29.0 Å². The van der Waals surface area contributed by atoms with Gasteiger partial charge in [0.2, 0.25) is 0 Å². The highest BCUT2D eigenvalue weighted by Crippen LogP contribution is 2.30. The van der Waals surface area contributed by atoms with E-state index in [-0.39, 0.29) is 5.56 Å². The van der Waals surface area contributed by atoms with Crippen LogP contribution < -0.4 is 5.56 Å². The van der Waals surface area contributed by atoms with Gasteiger partial charge in [0.05, 0.1) is 5.69 Å². The Morgan fingerprint density at radius 1 is 0.938 bits per heavy atom. The van der Waals surface area contributed by atoms with E-state index in [1.807, 2.05) is 84.3 Å². The molecular formula is C24H18ClN5OS. The maximum absolute atomic E-state index is 12.6. The molecular weight excluding hydrogens is 442 g/mol. The van der Waals surface area contributed by atoms with Crippen LogP contribution >= 0.6 is 23.4 Å². The van der Waals surface area contributed by atoms with E-state index in [0.29, 0.717) is 27.3 Å². The second-order valence-corrected chi connectivity index (χ2v) is 8.60. The lowest BCUT2D eigenvalue weighted by atomic mass is 10.2. The number of pyridine rings is 1. The molecule has 0 aliphatic heterocycles. The van der Waals surface area contributed by atoms with Crippen LogP contribution in [0.2, 0.25) is 5.02 Å². The van der Waals surface area contributed by atoms with E-state index in [1.165, 1.54) is 11.8 Å². The van der Waals surface area contributed by atoms with Gasteiger partial charge in [-0.2, -0.15) is 0 Å². The SMILES string of the molecule is Cc1cccc2nc(CSc3nnc(-c4ccc(Cl)cc4)n3-c3ccccc3)cc(=O)n12. The van der Waals surface area contributed by atoms with Crippen molar-refractivity contribution in [1.29, 1.82) is 0 Å². The lowest BCUT2D eigenvalue weighted by Crippen LogP contribution is -2.17. The first-order chi connectivity index (χ1) is 15.6. The zero-order chi connectivity index (χ0) is 22.1. The summed E-state index contributed by atoms with van der Waals surface area (Å²) >= 11 is 7.55. The third kappa shape index (κ3) is 3.92. The summed E-state index contributed by atoms with van der Waals surface area (Å²) in [7, 11) is 0. The van der Waals surface area contributed by atoms with Crippen LogP contribution in [0, 0.1) is 6.92 Å². The van der Waals surface area contributed by atoms with Crippen LogP contribution in [0.5, 0.6) is 0 Å². The maximum atomic E-state index is 12.6. The maximum Gasteiger partial charge on any atom is 0.258 e. The monoisotopic (exact) mass is 459 g/mol. The van der Waals surface area contributed by atoms with Crippen LogP contribution in [0.15, 0.2) is 88.8 Å². The van der Waals surface area contributed by atoms with Crippen LogP contribution in [0.4, 0.5) is 0 Å². The van der Waals surface area contributed by atoms with Crippen molar-refractivity contribution in [3.8, 4) is 17.1 Å². The van der Waals surface area contributed by atoms with E-state index in [0.717, 1.165) is 22.8 Å². The average Bonchev–Trinajstić information content (AvgIpc) is 3.22. The summed E-state index contributed by atoms with van der Waals surface area (Å²) < 4.78 is 3.62. The zero-order valence-corrected chi connectivity index (χ0v) is 18.7. The van der Waals surface area contributed by atoms with E-state index in [9.17, 15) is 4.79 Å². The van der Waals surface area contributed by atoms with Gasteiger partial charge in [-0.3, -0.25) is 13.8 Å². The topological polar surface area (TPSA) is 65.1 Å². The van der Waals surface area contributed by atoms with Crippen LogP contribution in [-0.4, -0.2) is 24.1 Å². The van der Waals surface area contributed by atoms with E-state index in [1.54, 1.807) is 10.5 Å². The third-order valence-electron chi connectivity index (χ3n) is 5.03. The minimum atomic E-state index is -0.0879. The predicted octanol–water partition coefficient (Wildman–Crippen LogP) is 5.20. The van der Waals surface area contributed by atoms with Gasteiger partial charge in [-0.15, -0.1) is 10.2 Å². The van der Waals surface area contributed by atoms with E-state index < -0.39 is 0 Å². The second kappa shape index (κ2) is 8.61. The Hall–Kier alpha value is -3.42. The number of thioether (sulfide) groups is 1. The Bertz CT molecular complexity index is 1460. The number of nitrogens with zero attached hydrogens (tertiary/aromatic N) is 5. The summed E-state index contributed by atoms with van der Waals surface area (Å²) in [6.45, 7) is 1.89. The van der Waals surface area contributed by atoms with Gasteiger partial charge in [-0.25, -0.2) is 4.98 Å². The molecule has 5 rings (SSSR count). The molecule has 6 nitrogen and oxygen atoms in total. The Kier molecular flexibility index (Phi) is 5.51. The smallest absolute Gasteiger partial charge is 0.258 e. The van der Waals surface area contributed by atoms with Crippen LogP contribution in [0.1, 0.15) is 11.4 Å². The van der Waals surface area contributed by atoms with Gasteiger partial charge in [-0.05, 0) is 55.5 Å². The largest absolute Gasteiger partial charge is 0.270 e. The number of halogens is 1. The summed E-state index contributed by atoms with van der Waals surface area (Å²) in [5.41, 5.74) is 3.97. The van der Waals surface area contributed by atoms with E-state index in [2.05, 4.69) is 15.2 Å². The lowest BCUT2D eigenvalue weighted by Gasteiger charge is -2.11. The number of rotatable bonds is 5. The first kappa shape index (κ1) is 20.5. The molecule has 0 bridgehead atoms. The van der Waals surface area contributed by atoms with Crippen molar-refractivity contribution in [3.63, 3.8) is 0 Å². The third-order valence-corrected chi connectivity index (χ3v) is 6.25. The molecule has 8 heteroatoms. The Morgan fingerprint density at radius 2 is 1.72 bits per heavy atom. The summed E-state index contributed by atoms with van der Waals surface area (Å²) in [5, 5.41) is 10.3. The molecule has 0 amide bonds. The molecule has 0 fully saturated rings. The number of benzene rings is 2. The molecule has 0 spiro atoms. The molecule has 3 aromatic heterocycles. The van der Waals surface area contributed by atoms with Crippen molar-refractivity contribution in [2.45, 2.75) is 17.8 Å². The molecule has 0 radical (unpaired) electrons. The first-order valence-corrected chi connectivity index (χ1v) is 11.3. The molecule has 32 heavy (non-hydrogen) atoms. The summed E-state index contributed by atoms with van der Waals surface area (Å²) in [4.78, 5) is 17.3. The Morgan fingerprint density at radius 3 is 2.50 bits per heavy atom. The molecule has 0 aliphatic carbocycles. The number of hydrogen-bond donors (Lipinski definition) is 0. The Balaban J connectivity index is 1.52. The van der Waals surface area contributed by atoms with Crippen LogP contribution in [0.25, 0.3) is 22.7 Å². The fraction of sp³-hybridized carbons (Fsp3) is 0.0833. The van der Waals surface area contributed by atoms with Crippen molar-refractivity contribution in [2.75, 3.05) is 0 Å². The predicted molar refractivity (Wildman–Crippen MR) is 128 cm³/mol. The standard InChI is InChI=1S/C24H18ClN5OS/c1-16-6-5-9-21-26-19(14-22(31)29(16)21)15-32-24-28-27-23(17-10-12-18(25)13-11-17)30(24)20-7-3-2-4-8-20/h2-14H,15H2,1H3. The van der Waals surface area contributed by atoms with Crippen LogP contribution in [-0.2, 0) is 5.75 Å². The Labute approximate surface area is 193 Å². The molecule has 5 aromatic rings. The zero-order valence-electron chi connectivity index (χ0n) is 17.1.